The molecule has 0 fully saturated rings. The van der Waals surface area contributed by atoms with Gasteiger partial charge in [-0.1, -0.05) is 19.1 Å². The third kappa shape index (κ3) is 2.75. The molecule has 8 heteroatoms. The summed E-state index contributed by atoms with van der Waals surface area (Å²) < 4.78 is 12.6. The Kier molecular flexibility index (Phi) is 4.33. The number of esters is 1. The first-order valence-corrected chi connectivity index (χ1v) is 9.14. The lowest BCUT2D eigenvalue weighted by molar-refractivity contribution is 0.0517. The van der Waals surface area contributed by atoms with Gasteiger partial charge in [0.05, 0.1) is 31.6 Å². The van der Waals surface area contributed by atoms with Gasteiger partial charge in [-0.3, -0.25) is 5.01 Å². The number of imidazole rings is 1. The molecule has 2 aliphatic heterocycles. The second-order valence-corrected chi connectivity index (χ2v) is 7.04. The predicted octanol–water partition coefficient (Wildman–Crippen LogP) is 3.32. The average molecular weight is 369 g/mol. The van der Waals surface area contributed by atoms with E-state index in [-0.39, 0.29) is 12.1 Å². The van der Waals surface area contributed by atoms with Crippen LogP contribution in [0.5, 0.6) is 5.75 Å². The van der Waals surface area contributed by atoms with Crippen molar-refractivity contribution < 1.29 is 14.3 Å². The highest BCUT2D eigenvalue weighted by Crippen LogP contribution is 2.43. The summed E-state index contributed by atoms with van der Waals surface area (Å²) in [6.07, 6.45) is 1.68. The van der Waals surface area contributed by atoms with Crippen LogP contribution in [0, 0.1) is 5.92 Å². The maximum atomic E-state index is 12.4. The molecule has 142 valence electrons. The number of carbonyl (C=O) groups excluding carboxylic acids is 1. The van der Waals surface area contributed by atoms with E-state index in [4.69, 9.17) is 9.47 Å². The van der Waals surface area contributed by atoms with Crippen LogP contribution >= 0.6 is 0 Å². The summed E-state index contributed by atoms with van der Waals surface area (Å²) in [6.45, 7) is 6.81. The largest absolute Gasteiger partial charge is 0.497 e. The van der Waals surface area contributed by atoms with Gasteiger partial charge < -0.3 is 14.0 Å². The number of aromatic nitrogens is 2. The molecule has 27 heavy (non-hydrogen) atoms. The van der Waals surface area contributed by atoms with E-state index in [1.165, 1.54) is 0 Å². The Bertz CT molecular complexity index is 905. The summed E-state index contributed by atoms with van der Waals surface area (Å²) in [6, 6.07) is 5.94. The molecule has 1 aromatic heterocycles. The zero-order chi connectivity index (χ0) is 19.1. The van der Waals surface area contributed by atoms with Crippen LogP contribution in [0.15, 0.2) is 34.9 Å². The van der Waals surface area contributed by atoms with Gasteiger partial charge in [-0.15, -0.1) is 0 Å². The zero-order valence-electron chi connectivity index (χ0n) is 15.9. The van der Waals surface area contributed by atoms with Crippen LogP contribution in [0.2, 0.25) is 0 Å². The topological polar surface area (TPSA) is 81.3 Å². The fraction of sp³-hybridized carbons (Fsp3) is 0.474. The molecule has 0 bridgehead atoms. The molecule has 0 saturated heterocycles. The fourth-order valence-corrected chi connectivity index (χ4v) is 3.77. The highest BCUT2D eigenvalue weighted by molar-refractivity contribution is 5.88. The number of nitrogens with zero attached hydrogens (tertiary/aromatic N) is 5. The van der Waals surface area contributed by atoms with E-state index in [0.29, 0.717) is 24.8 Å². The molecule has 0 aliphatic carbocycles. The number of benzene rings is 1. The highest BCUT2D eigenvalue weighted by Gasteiger charge is 2.41. The van der Waals surface area contributed by atoms with Crippen molar-refractivity contribution in [2.75, 3.05) is 13.7 Å². The number of rotatable bonds is 4. The number of fused-ring (bicyclic) bond motifs is 5. The maximum absolute atomic E-state index is 12.4. The smallest absolute Gasteiger partial charge is 0.358 e. The van der Waals surface area contributed by atoms with Crippen LogP contribution in [0.1, 0.15) is 48.6 Å². The molecule has 4 rings (SSSR count). The van der Waals surface area contributed by atoms with E-state index in [1.807, 2.05) is 27.8 Å². The number of ether oxygens (including phenoxy) is 2. The lowest BCUT2D eigenvalue weighted by Crippen LogP contribution is -2.29. The van der Waals surface area contributed by atoms with E-state index < -0.39 is 5.97 Å². The second kappa shape index (κ2) is 6.68. The Morgan fingerprint density at radius 3 is 2.89 bits per heavy atom. The molecule has 2 atom stereocenters. The highest BCUT2D eigenvalue weighted by atomic mass is 16.5. The molecule has 2 aliphatic rings. The number of hydrogen-bond acceptors (Lipinski definition) is 7. The van der Waals surface area contributed by atoms with E-state index in [0.717, 1.165) is 22.7 Å². The van der Waals surface area contributed by atoms with Crippen molar-refractivity contribution in [2.24, 2.45) is 16.3 Å². The quantitative estimate of drug-likeness (QED) is 0.772. The SMILES string of the molecule is CCOC(=O)c1ncn2c1CN1N=NC(C(C)C)C1c1cc(OC)ccc1-2. The van der Waals surface area contributed by atoms with E-state index in [1.54, 1.807) is 20.4 Å². The van der Waals surface area contributed by atoms with Crippen molar-refractivity contribution in [1.29, 1.82) is 0 Å². The Morgan fingerprint density at radius 1 is 1.37 bits per heavy atom. The molecule has 1 aromatic carbocycles. The average Bonchev–Trinajstić information content (AvgIpc) is 3.23. The first kappa shape index (κ1) is 17.5. The maximum Gasteiger partial charge on any atom is 0.358 e. The number of methoxy groups -OCH3 is 1. The molecule has 0 spiro atoms. The van der Waals surface area contributed by atoms with E-state index in [9.17, 15) is 4.79 Å². The van der Waals surface area contributed by atoms with Crippen molar-refractivity contribution in [3.05, 3.63) is 41.5 Å². The van der Waals surface area contributed by atoms with Gasteiger partial charge in [0.15, 0.2) is 5.69 Å². The monoisotopic (exact) mass is 369 g/mol. The van der Waals surface area contributed by atoms with Crippen molar-refractivity contribution in [2.45, 2.75) is 39.4 Å². The lowest BCUT2D eigenvalue weighted by Gasteiger charge is -2.27. The first-order valence-electron chi connectivity index (χ1n) is 9.14. The normalized spacial score (nSPS) is 20.1. The summed E-state index contributed by atoms with van der Waals surface area (Å²) in [5, 5.41) is 10.9. The Morgan fingerprint density at radius 2 is 2.19 bits per heavy atom. The summed E-state index contributed by atoms with van der Waals surface area (Å²) in [5.74, 6) is 0.677. The van der Waals surface area contributed by atoms with Gasteiger partial charge in [-0.05, 0) is 31.0 Å². The van der Waals surface area contributed by atoms with Crippen molar-refractivity contribution >= 4 is 5.97 Å². The van der Waals surface area contributed by atoms with Crippen LogP contribution in [0.4, 0.5) is 0 Å². The minimum atomic E-state index is -0.420. The Balaban J connectivity index is 1.89. The van der Waals surface area contributed by atoms with Gasteiger partial charge in [0, 0.05) is 5.56 Å². The Labute approximate surface area is 157 Å². The number of carbonyl (C=O) groups is 1. The third-order valence-corrected chi connectivity index (χ3v) is 5.09. The Hall–Kier alpha value is -2.90. The van der Waals surface area contributed by atoms with Gasteiger partial charge in [0.2, 0.25) is 0 Å². The van der Waals surface area contributed by atoms with E-state index >= 15 is 0 Å². The molecule has 0 saturated carbocycles. The molecular weight excluding hydrogens is 346 g/mol. The summed E-state index contributed by atoms with van der Waals surface area (Å²) in [5.41, 5.74) is 3.09. The minimum Gasteiger partial charge on any atom is -0.497 e. The molecule has 2 aromatic rings. The standard InChI is InChI=1S/C19H23N5O3/c1-5-27-19(25)17-15-9-24-18(16(11(2)3)21-22-24)13-8-12(26-4)6-7-14(13)23(15)10-20-17/h6-8,10-11,16,18H,5,9H2,1-4H3. The molecule has 3 heterocycles. The fourth-order valence-electron chi connectivity index (χ4n) is 3.77. The van der Waals surface area contributed by atoms with Crippen LogP contribution in [-0.4, -0.2) is 40.3 Å². The molecule has 0 amide bonds. The zero-order valence-corrected chi connectivity index (χ0v) is 15.9. The van der Waals surface area contributed by atoms with E-state index in [2.05, 4.69) is 29.2 Å². The van der Waals surface area contributed by atoms with Crippen LogP contribution in [-0.2, 0) is 11.3 Å². The first-order chi connectivity index (χ1) is 13.0. The molecule has 8 nitrogen and oxygen atoms in total. The summed E-state index contributed by atoms with van der Waals surface area (Å²) in [7, 11) is 1.65. The number of hydrogen-bond donors (Lipinski definition) is 0. The summed E-state index contributed by atoms with van der Waals surface area (Å²) in [4.78, 5) is 16.7. The molecule has 0 N–H and O–H groups in total. The molecule has 2 unspecified atom stereocenters. The lowest BCUT2D eigenvalue weighted by atomic mass is 9.91. The third-order valence-electron chi connectivity index (χ3n) is 5.09. The van der Waals surface area contributed by atoms with Gasteiger partial charge in [0.1, 0.15) is 24.2 Å². The minimum absolute atomic E-state index is 0.0231. The predicted molar refractivity (Wildman–Crippen MR) is 97.8 cm³/mol. The van der Waals surface area contributed by atoms with Crippen LogP contribution < -0.4 is 4.74 Å². The molecular formula is C19H23N5O3. The van der Waals surface area contributed by atoms with Gasteiger partial charge >= 0.3 is 5.97 Å². The molecule has 0 radical (unpaired) electrons. The van der Waals surface area contributed by atoms with Crippen LogP contribution in [0.25, 0.3) is 5.69 Å². The summed E-state index contributed by atoms with van der Waals surface area (Å²) >= 11 is 0. The second-order valence-electron chi connectivity index (χ2n) is 7.04. The van der Waals surface area contributed by atoms with Gasteiger partial charge in [-0.2, -0.15) is 5.11 Å². The van der Waals surface area contributed by atoms with Crippen molar-refractivity contribution in [3.63, 3.8) is 0 Å². The van der Waals surface area contributed by atoms with Crippen molar-refractivity contribution in [3.8, 4) is 11.4 Å². The van der Waals surface area contributed by atoms with Crippen LogP contribution in [0.3, 0.4) is 0 Å². The van der Waals surface area contributed by atoms with Crippen molar-refractivity contribution in [1.82, 2.24) is 14.6 Å². The van der Waals surface area contributed by atoms with Gasteiger partial charge in [0.25, 0.3) is 0 Å². The van der Waals surface area contributed by atoms with Gasteiger partial charge in [-0.25, -0.2) is 9.78 Å².